The highest BCUT2D eigenvalue weighted by Crippen LogP contribution is 2.47. The first kappa shape index (κ1) is 7.57. The molecule has 0 unspecified atom stereocenters. The smallest absolute Gasteiger partial charge is 0.0824 e. The zero-order valence-corrected chi connectivity index (χ0v) is 7.62. The number of aromatic nitrogens is 2. The van der Waals surface area contributed by atoms with Crippen LogP contribution < -0.4 is 0 Å². The third-order valence-electron chi connectivity index (χ3n) is 2.96. The molecule has 1 N–H and O–H groups in total. The SMILES string of the molecule is N#CC1(c2ccc3cn[nH]c3c2)CC1. The maximum atomic E-state index is 9.06. The molecular formula is C11H9N3. The van der Waals surface area contributed by atoms with Gasteiger partial charge in [0.2, 0.25) is 0 Å². The topological polar surface area (TPSA) is 52.5 Å². The van der Waals surface area contributed by atoms with Crippen molar-refractivity contribution in [3.8, 4) is 6.07 Å². The minimum atomic E-state index is -0.195. The Kier molecular flexibility index (Phi) is 1.27. The molecule has 68 valence electrons. The summed E-state index contributed by atoms with van der Waals surface area (Å²) in [6.07, 6.45) is 3.78. The first-order chi connectivity index (χ1) is 6.84. The summed E-state index contributed by atoms with van der Waals surface area (Å²) in [5.74, 6) is 0. The number of fused-ring (bicyclic) bond motifs is 1. The second kappa shape index (κ2) is 2.36. The molecule has 3 nitrogen and oxygen atoms in total. The number of H-pyrrole nitrogens is 1. The van der Waals surface area contributed by atoms with Crippen LogP contribution in [0.5, 0.6) is 0 Å². The summed E-state index contributed by atoms with van der Waals surface area (Å²) in [6.45, 7) is 0. The molecule has 1 saturated carbocycles. The van der Waals surface area contributed by atoms with E-state index in [9.17, 15) is 0 Å². The summed E-state index contributed by atoms with van der Waals surface area (Å²) in [7, 11) is 0. The van der Waals surface area contributed by atoms with Crippen molar-refractivity contribution >= 4 is 10.9 Å². The highest BCUT2D eigenvalue weighted by atomic mass is 15.1. The van der Waals surface area contributed by atoms with E-state index in [1.54, 1.807) is 6.20 Å². The minimum absolute atomic E-state index is 0.195. The molecule has 0 bridgehead atoms. The van der Waals surface area contributed by atoms with E-state index in [2.05, 4.69) is 16.3 Å². The molecule has 0 spiro atoms. The molecule has 0 atom stereocenters. The second-order valence-corrected chi connectivity index (χ2v) is 3.87. The Morgan fingerprint density at radius 2 is 2.29 bits per heavy atom. The molecular weight excluding hydrogens is 174 g/mol. The van der Waals surface area contributed by atoms with Gasteiger partial charge < -0.3 is 0 Å². The third kappa shape index (κ3) is 0.882. The Hall–Kier alpha value is -1.82. The van der Waals surface area contributed by atoms with Gasteiger partial charge in [0.25, 0.3) is 0 Å². The van der Waals surface area contributed by atoms with Crippen molar-refractivity contribution < 1.29 is 0 Å². The summed E-state index contributed by atoms with van der Waals surface area (Å²) in [5, 5.41) is 17.0. The predicted molar refractivity (Wildman–Crippen MR) is 52.6 cm³/mol. The third-order valence-corrected chi connectivity index (χ3v) is 2.96. The Bertz CT molecular complexity index is 529. The Morgan fingerprint density at radius 1 is 1.43 bits per heavy atom. The summed E-state index contributed by atoms with van der Waals surface area (Å²) in [5.41, 5.74) is 1.94. The van der Waals surface area contributed by atoms with E-state index < -0.39 is 0 Å². The van der Waals surface area contributed by atoms with Crippen LogP contribution in [0.15, 0.2) is 24.4 Å². The molecule has 0 amide bonds. The fourth-order valence-electron chi connectivity index (χ4n) is 1.82. The number of rotatable bonds is 1. The monoisotopic (exact) mass is 183 g/mol. The first-order valence-corrected chi connectivity index (χ1v) is 4.69. The van der Waals surface area contributed by atoms with Gasteiger partial charge >= 0.3 is 0 Å². The average molecular weight is 183 g/mol. The lowest BCUT2D eigenvalue weighted by atomic mass is 9.97. The number of nitriles is 1. The second-order valence-electron chi connectivity index (χ2n) is 3.87. The van der Waals surface area contributed by atoms with Gasteiger partial charge in [0, 0.05) is 5.39 Å². The lowest BCUT2D eigenvalue weighted by Crippen LogP contribution is -2.01. The van der Waals surface area contributed by atoms with Gasteiger partial charge in [-0.05, 0) is 24.5 Å². The highest BCUT2D eigenvalue weighted by Gasteiger charge is 2.44. The van der Waals surface area contributed by atoms with Gasteiger partial charge in [0.15, 0.2) is 0 Å². The van der Waals surface area contributed by atoms with Crippen LogP contribution in [0.3, 0.4) is 0 Å². The van der Waals surface area contributed by atoms with E-state index in [1.165, 1.54) is 0 Å². The van der Waals surface area contributed by atoms with Crippen LogP contribution in [0, 0.1) is 11.3 Å². The van der Waals surface area contributed by atoms with E-state index in [0.29, 0.717) is 0 Å². The normalized spacial score (nSPS) is 17.9. The lowest BCUT2D eigenvalue weighted by molar-refractivity contribution is 0.910. The van der Waals surface area contributed by atoms with Crippen molar-refractivity contribution in [2.45, 2.75) is 18.3 Å². The van der Waals surface area contributed by atoms with Crippen LogP contribution in [-0.4, -0.2) is 10.2 Å². The standard InChI is InChI=1S/C11H9N3/c12-7-11(3-4-11)9-2-1-8-6-13-14-10(8)5-9/h1-2,5-6H,3-4H2,(H,13,14). The van der Waals surface area contributed by atoms with E-state index in [1.807, 2.05) is 18.2 Å². The maximum Gasteiger partial charge on any atom is 0.0824 e. The molecule has 3 rings (SSSR count). The van der Waals surface area contributed by atoms with Gasteiger partial charge in [0.1, 0.15) is 0 Å². The molecule has 1 aromatic carbocycles. The van der Waals surface area contributed by atoms with Crippen LogP contribution in [0.25, 0.3) is 10.9 Å². The summed E-state index contributed by atoms with van der Waals surface area (Å²) in [6, 6.07) is 8.49. The molecule has 1 aromatic heterocycles. The molecule has 1 heterocycles. The number of hydrogen-bond donors (Lipinski definition) is 1. The van der Waals surface area contributed by atoms with Gasteiger partial charge in [-0.3, -0.25) is 5.10 Å². The van der Waals surface area contributed by atoms with Crippen LogP contribution in [-0.2, 0) is 5.41 Å². The Labute approximate surface area is 81.4 Å². The molecule has 0 radical (unpaired) electrons. The number of hydrogen-bond acceptors (Lipinski definition) is 2. The van der Waals surface area contributed by atoms with Crippen molar-refractivity contribution in [2.75, 3.05) is 0 Å². The Morgan fingerprint density at radius 3 is 3.00 bits per heavy atom. The van der Waals surface area contributed by atoms with Gasteiger partial charge in [-0.25, -0.2) is 0 Å². The number of benzene rings is 1. The zero-order valence-electron chi connectivity index (χ0n) is 7.62. The van der Waals surface area contributed by atoms with E-state index in [4.69, 9.17) is 5.26 Å². The summed E-state index contributed by atoms with van der Waals surface area (Å²) in [4.78, 5) is 0. The van der Waals surface area contributed by atoms with E-state index in [-0.39, 0.29) is 5.41 Å². The largest absolute Gasteiger partial charge is 0.278 e. The maximum absolute atomic E-state index is 9.06. The van der Waals surface area contributed by atoms with Crippen molar-refractivity contribution in [1.29, 1.82) is 5.26 Å². The molecule has 0 aliphatic heterocycles. The van der Waals surface area contributed by atoms with E-state index in [0.717, 1.165) is 29.3 Å². The fraction of sp³-hybridized carbons (Fsp3) is 0.273. The van der Waals surface area contributed by atoms with Crippen molar-refractivity contribution in [2.24, 2.45) is 0 Å². The number of nitrogens with one attached hydrogen (secondary N) is 1. The number of nitrogens with zero attached hydrogens (tertiary/aromatic N) is 2. The number of aromatic amines is 1. The molecule has 0 saturated heterocycles. The van der Waals surface area contributed by atoms with Crippen LogP contribution in [0.4, 0.5) is 0 Å². The molecule has 3 heteroatoms. The highest BCUT2D eigenvalue weighted by molar-refractivity contribution is 5.79. The first-order valence-electron chi connectivity index (χ1n) is 4.69. The van der Waals surface area contributed by atoms with Gasteiger partial charge in [-0.15, -0.1) is 0 Å². The van der Waals surface area contributed by atoms with Crippen LogP contribution >= 0.6 is 0 Å². The zero-order chi connectivity index (χ0) is 9.60. The molecule has 1 aliphatic rings. The average Bonchev–Trinajstić information content (AvgIpc) is 2.89. The minimum Gasteiger partial charge on any atom is -0.278 e. The van der Waals surface area contributed by atoms with Gasteiger partial charge in [-0.1, -0.05) is 12.1 Å². The fourth-order valence-corrected chi connectivity index (χ4v) is 1.82. The molecule has 14 heavy (non-hydrogen) atoms. The van der Waals surface area contributed by atoms with Crippen LogP contribution in [0.1, 0.15) is 18.4 Å². The van der Waals surface area contributed by atoms with Crippen molar-refractivity contribution in [3.05, 3.63) is 30.0 Å². The lowest BCUT2D eigenvalue weighted by Gasteiger charge is -2.04. The van der Waals surface area contributed by atoms with Gasteiger partial charge in [0.05, 0.1) is 23.2 Å². The molecule has 2 aromatic rings. The van der Waals surface area contributed by atoms with Crippen molar-refractivity contribution in [3.63, 3.8) is 0 Å². The Balaban J connectivity index is 2.19. The molecule has 1 aliphatic carbocycles. The summed E-state index contributed by atoms with van der Waals surface area (Å²) >= 11 is 0. The predicted octanol–water partition coefficient (Wildman–Crippen LogP) is 2.12. The summed E-state index contributed by atoms with van der Waals surface area (Å²) < 4.78 is 0. The van der Waals surface area contributed by atoms with Crippen molar-refractivity contribution in [1.82, 2.24) is 10.2 Å². The quantitative estimate of drug-likeness (QED) is 0.736. The van der Waals surface area contributed by atoms with E-state index >= 15 is 0 Å². The van der Waals surface area contributed by atoms with Gasteiger partial charge in [-0.2, -0.15) is 10.4 Å². The van der Waals surface area contributed by atoms with Crippen LogP contribution in [0.2, 0.25) is 0 Å². The molecule has 1 fully saturated rings.